The highest BCUT2D eigenvalue weighted by molar-refractivity contribution is 5.52. The minimum atomic E-state index is 0.0174. The van der Waals surface area contributed by atoms with Crippen LogP contribution in [0.3, 0.4) is 0 Å². The van der Waals surface area contributed by atoms with E-state index in [0.29, 0.717) is 12.1 Å². The largest absolute Gasteiger partial charge is 0.497 e. The molecule has 26 heavy (non-hydrogen) atoms. The first-order valence-corrected chi connectivity index (χ1v) is 9.29. The molecule has 2 aliphatic heterocycles. The molecule has 138 valence electrons. The SMILES string of the molecule is COc1ccc2c(c1)C[C@@H](C)N1Cc3c(C)cc(OC)c(CO)c3C[C@@H]21. The van der Waals surface area contributed by atoms with Gasteiger partial charge in [0.15, 0.2) is 0 Å². The predicted molar refractivity (Wildman–Crippen MR) is 102 cm³/mol. The molecule has 4 nitrogen and oxygen atoms in total. The predicted octanol–water partition coefficient (Wildman–Crippen LogP) is 3.55. The van der Waals surface area contributed by atoms with Gasteiger partial charge in [-0.15, -0.1) is 0 Å². The van der Waals surface area contributed by atoms with Crippen LogP contribution in [-0.2, 0) is 26.0 Å². The Hall–Kier alpha value is -2.04. The minimum absolute atomic E-state index is 0.0174. The third-order valence-corrected chi connectivity index (χ3v) is 6.16. The van der Waals surface area contributed by atoms with Gasteiger partial charge in [-0.25, -0.2) is 0 Å². The monoisotopic (exact) mass is 353 g/mol. The first-order valence-electron chi connectivity index (χ1n) is 9.29. The molecule has 0 radical (unpaired) electrons. The van der Waals surface area contributed by atoms with Crippen LogP contribution in [0.2, 0.25) is 0 Å². The molecule has 2 aromatic carbocycles. The summed E-state index contributed by atoms with van der Waals surface area (Å²) in [6.45, 7) is 5.40. The summed E-state index contributed by atoms with van der Waals surface area (Å²) in [7, 11) is 3.40. The normalized spacial score (nSPS) is 21.6. The fraction of sp³-hybridized carbons (Fsp3) is 0.455. The molecule has 2 aromatic rings. The molecule has 0 aliphatic carbocycles. The van der Waals surface area contributed by atoms with Crippen LogP contribution in [0.15, 0.2) is 24.3 Å². The topological polar surface area (TPSA) is 41.9 Å². The Kier molecular flexibility index (Phi) is 4.41. The van der Waals surface area contributed by atoms with Crippen molar-refractivity contribution in [2.75, 3.05) is 14.2 Å². The first-order chi connectivity index (χ1) is 12.6. The van der Waals surface area contributed by atoms with Crippen molar-refractivity contribution in [1.82, 2.24) is 4.90 Å². The van der Waals surface area contributed by atoms with Gasteiger partial charge in [0.2, 0.25) is 0 Å². The van der Waals surface area contributed by atoms with Crippen molar-refractivity contribution in [2.24, 2.45) is 0 Å². The van der Waals surface area contributed by atoms with Gasteiger partial charge in [0.25, 0.3) is 0 Å². The fourth-order valence-corrected chi connectivity index (χ4v) is 4.76. The maximum Gasteiger partial charge on any atom is 0.124 e. The van der Waals surface area contributed by atoms with E-state index >= 15 is 0 Å². The van der Waals surface area contributed by atoms with E-state index in [1.165, 1.54) is 27.8 Å². The van der Waals surface area contributed by atoms with Gasteiger partial charge >= 0.3 is 0 Å². The van der Waals surface area contributed by atoms with Gasteiger partial charge in [0.05, 0.1) is 20.8 Å². The van der Waals surface area contributed by atoms with E-state index in [2.05, 4.69) is 43.0 Å². The van der Waals surface area contributed by atoms with Crippen LogP contribution in [0.1, 0.15) is 46.3 Å². The highest BCUT2D eigenvalue weighted by atomic mass is 16.5. The van der Waals surface area contributed by atoms with Crippen molar-refractivity contribution in [3.8, 4) is 11.5 Å². The lowest BCUT2D eigenvalue weighted by molar-refractivity contribution is 0.104. The zero-order valence-corrected chi connectivity index (χ0v) is 16.0. The summed E-state index contributed by atoms with van der Waals surface area (Å²) in [4.78, 5) is 2.61. The molecule has 0 amide bonds. The number of fused-ring (bicyclic) bond motifs is 4. The molecule has 2 heterocycles. The second-order valence-electron chi connectivity index (χ2n) is 7.50. The summed E-state index contributed by atoms with van der Waals surface area (Å²) >= 11 is 0. The Labute approximate surface area is 155 Å². The number of methoxy groups -OCH3 is 2. The number of rotatable bonds is 3. The molecule has 2 aliphatic rings. The number of aryl methyl sites for hydroxylation is 1. The van der Waals surface area contributed by atoms with Crippen molar-refractivity contribution < 1.29 is 14.6 Å². The van der Waals surface area contributed by atoms with Crippen molar-refractivity contribution in [3.63, 3.8) is 0 Å². The number of aliphatic hydroxyl groups is 1. The van der Waals surface area contributed by atoms with Crippen LogP contribution in [0.5, 0.6) is 11.5 Å². The summed E-state index contributed by atoms with van der Waals surface area (Å²) in [6.07, 6.45) is 1.95. The van der Waals surface area contributed by atoms with E-state index < -0.39 is 0 Å². The van der Waals surface area contributed by atoms with Crippen molar-refractivity contribution in [1.29, 1.82) is 0 Å². The number of aliphatic hydroxyl groups excluding tert-OH is 1. The van der Waals surface area contributed by atoms with Crippen LogP contribution in [0.25, 0.3) is 0 Å². The fourth-order valence-electron chi connectivity index (χ4n) is 4.76. The average Bonchev–Trinajstić information content (AvgIpc) is 2.66. The number of hydrogen-bond donors (Lipinski definition) is 1. The van der Waals surface area contributed by atoms with Gasteiger partial charge in [-0.05, 0) is 72.7 Å². The van der Waals surface area contributed by atoms with Gasteiger partial charge in [-0.2, -0.15) is 0 Å². The zero-order valence-electron chi connectivity index (χ0n) is 16.0. The Balaban J connectivity index is 1.83. The number of hydrogen-bond acceptors (Lipinski definition) is 4. The van der Waals surface area contributed by atoms with E-state index in [1.54, 1.807) is 14.2 Å². The first kappa shape index (κ1) is 17.4. The van der Waals surface area contributed by atoms with Crippen molar-refractivity contribution in [2.45, 2.75) is 51.9 Å². The molecular weight excluding hydrogens is 326 g/mol. The van der Waals surface area contributed by atoms with Gasteiger partial charge in [0, 0.05) is 24.2 Å². The maximum atomic E-state index is 10.00. The summed E-state index contributed by atoms with van der Waals surface area (Å²) in [5, 5.41) is 10.00. The van der Waals surface area contributed by atoms with Crippen LogP contribution < -0.4 is 9.47 Å². The Morgan fingerprint density at radius 2 is 1.92 bits per heavy atom. The Bertz CT molecular complexity index is 846. The average molecular weight is 353 g/mol. The van der Waals surface area contributed by atoms with E-state index in [1.807, 2.05) is 0 Å². The number of nitrogens with zero attached hydrogens (tertiary/aromatic N) is 1. The van der Waals surface area contributed by atoms with Gasteiger partial charge in [-0.3, -0.25) is 4.90 Å². The highest BCUT2D eigenvalue weighted by Gasteiger charge is 2.37. The Morgan fingerprint density at radius 3 is 2.62 bits per heavy atom. The maximum absolute atomic E-state index is 10.00. The third kappa shape index (κ3) is 2.60. The molecule has 0 bridgehead atoms. The quantitative estimate of drug-likeness (QED) is 0.916. The lowest BCUT2D eigenvalue weighted by atomic mass is 9.79. The van der Waals surface area contributed by atoms with E-state index in [0.717, 1.165) is 36.4 Å². The van der Waals surface area contributed by atoms with Crippen molar-refractivity contribution in [3.05, 3.63) is 57.6 Å². The molecule has 0 fully saturated rings. The van der Waals surface area contributed by atoms with Gasteiger partial charge in [0.1, 0.15) is 11.5 Å². The highest BCUT2D eigenvalue weighted by Crippen LogP contribution is 2.44. The molecule has 4 heteroatoms. The summed E-state index contributed by atoms with van der Waals surface area (Å²) in [5.41, 5.74) is 7.59. The standard InChI is InChI=1S/C22H27NO3/c1-13-7-22(26-4)20(12-24)18-10-21-17-6-5-16(25-3)9-15(17)8-14(2)23(21)11-19(13)18/h5-7,9,14,21,24H,8,10-12H2,1-4H3/t14-,21+/m1/s1. The lowest BCUT2D eigenvalue weighted by Gasteiger charge is -2.46. The molecule has 0 saturated heterocycles. The van der Waals surface area contributed by atoms with Crippen LogP contribution in [0.4, 0.5) is 0 Å². The van der Waals surface area contributed by atoms with Crippen LogP contribution >= 0.6 is 0 Å². The van der Waals surface area contributed by atoms with Crippen LogP contribution in [-0.4, -0.2) is 30.3 Å². The molecular formula is C22H27NO3. The smallest absolute Gasteiger partial charge is 0.124 e. The summed E-state index contributed by atoms with van der Waals surface area (Å²) < 4.78 is 11.0. The van der Waals surface area contributed by atoms with Gasteiger partial charge in [-0.1, -0.05) is 6.07 Å². The second-order valence-corrected chi connectivity index (χ2v) is 7.50. The number of ether oxygens (including phenoxy) is 2. The Morgan fingerprint density at radius 1 is 1.12 bits per heavy atom. The van der Waals surface area contributed by atoms with E-state index in [-0.39, 0.29) is 6.61 Å². The second kappa shape index (κ2) is 6.60. The molecule has 1 N–H and O–H groups in total. The molecule has 4 rings (SSSR count). The zero-order chi connectivity index (χ0) is 18.4. The molecule has 0 aromatic heterocycles. The van der Waals surface area contributed by atoms with Crippen molar-refractivity contribution >= 4 is 0 Å². The van der Waals surface area contributed by atoms with Crippen LogP contribution in [0, 0.1) is 6.92 Å². The minimum Gasteiger partial charge on any atom is -0.497 e. The molecule has 2 atom stereocenters. The molecule has 0 spiro atoms. The third-order valence-electron chi connectivity index (χ3n) is 6.16. The van der Waals surface area contributed by atoms with E-state index in [4.69, 9.17) is 9.47 Å². The lowest BCUT2D eigenvalue weighted by Crippen LogP contribution is -2.45. The molecule has 0 unspecified atom stereocenters. The number of benzene rings is 2. The molecule has 0 saturated carbocycles. The van der Waals surface area contributed by atoms with E-state index in [9.17, 15) is 5.11 Å². The summed E-state index contributed by atoms with van der Waals surface area (Å²) in [5.74, 6) is 1.73. The van der Waals surface area contributed by atoms with Gasteiger partial charge < -0.3 is 14.6 Å². The summed E-state index contributed by atoms with van der Waals surface area (Å²) in [6, 6.07) is 9.34.